The number of hydrogen-bond acceptors (Lipinski definition) is 5. The number of H-pyrrole nitrogens is 1. The smallest absolute Gasteiger partial charge is 0.272 e. The van der Waals surface area contributed by atoms with E-state index in [1.807, 2.05) is 0 Å². The van der Waals surface area contributed by atoms with Gasteiger partial charge in [0.2, 0.25) is 12.4 Å². The number of carbonyl (C=O) groups is 1. The number of hydrogen-bond donors (Lipinski definition) is 3. The second-order valence-electron chi connectivity index (χ2n) is 4.18. The minimum absolute atomic E-state index is 0.123. The highest BCUT2D eigenvalue weighted by Gasteiger charge is 2.17. The summed E-state index contributed by atoms with van der Waals surface area (Å²) < 4.78 is 10.4. The van der Waals surface area contributed by atoms with Gasteiger partial charge in [-0.1, -0.05) is 6.07 Å². The van der Waals surface area contributed by atoms with Crippen molar-refractivity contribution in [2.75, 3.05) is 17.8 Å². The van der Waals surface area contributed by atoms with Crippen molar-refractivity contribution in [3.05, 3.63) is 46.4 Å². The highest BCUT2D eigenvalue weighted by Crippen LogP contribution is 2.38. The number of benzene rings is 1. The minimum Gasteiger partial charge on any atom is -0.454 e. The Morgan fingerprint density at radius 3 is 2.75 bits per heavy atom. The van der Waals surface area contributed by atoms with Crippen molar-refractivity contribution < 1.29 is 14.3 Å². The fourth-order valence-corrected chi connectivity index (χ4v) is 1.84. The third-order valence-electron chi connectivity index (χ3n) is 2.81. The Hall–Kier alpha value is -2.96. The SMILES string of the molecule is Nc1cc2c(cc1NC(=O)c1cccc(=O)[nH]1)OCO2. The third-order valence-corrected chi connectivity index (χ3v) is 2.81. The zero-order valence-corrected chi connectivity index (χ0v) is 10.3. The summed E-state index contributed by atoms with van der Waals surface area (Å²) in [6.07, 6.45) is 0. The van der Waals surface area contributed by atoms with Crippen LogP contribution in [0, 0.1) is 0 Å². The monoisotopic (exact) mass is 273 g/mol. The molecular weight excluding hydrogens is 262 g/mol. The van der Waals surface area contributed by atoms with Crippen LogP contribution in [0.2, 0.25) is 0 Å². The van der Waals surface area contributed by atoms with Crippen LogP contribution >= 0.6 is 0 Å². The maximum atomic E-state index is 12.0. The van der Waals surface area contributed by atoms with E-state index in [-0.39, 0.29) is 18.0 Å². The van der Waals surface area contributed by atoms with Crippen LogP contribution in [0.25, 0.3) is 0 Å². The summed E-state index contributed by atoms with van der Waals surface area (Å²) in [5, 5.41) is 2.61. The molecule has 102 valence electrons. The van der Waals surface area contributed by atoms with Gasteiger partial charge in [-0.2, -0.15) is 0 Å². The van der Waals surface area contributed by atoms with Crippen LogP contribution in [-0.4, -0.2) is 17.7 Å². The van der Waals surface area contributed by atoms with Gasteiger partial charge >= 0.3 is 0 Å². The fraction of sp³-hybridized carbons (Fsp3) is 0.0769. The molecule has 7 heteroatoms. The van der Waals surface area contributed by atoms with Crippen molar-refractivity contribution in [2.45, 2.75) is 0 Å². The van der Waals surface area contributed by atoms with Crippen molar-refractivity contribution in [2.24, 2.45) is 0 Å². The topological polar surface area (TPSA) is 106 Å². The molecule has 0 saturated heterocycles. The summed E-state index contributed by atoms with van der Waals surface area (Å²) in [5.41, 5.74) is 6.37. The van der Waals surface area contributed by atoms with Gasteiger partial charge in [-0.05, 0) is 6.07 Å². The molecule has 1 aromatic heterocycles. The lowest BCUT2D eigenvalue weighted by molar-refractivity contribution is 0.102. The Morgan fingerprint density at radius 1 is 1.25 bits per heavy atom. The highest BCUT2D eigenvalue weighted by molar-refractivity contribution is 6.04. The molecule has 0 spiro atoms. The lowest BCUT2D eigenvalue weighted by Gasteiger charge is -2.09. The number of amides is 1. The first-order valence-electron chi connectivity index (χ1n) is 5.83. The molecule has 0 fully saturated rings. The highest BCUT2D eigenvalue weighted by atomic mass is 16.7. The van der Waals surface area contributed by atoms with Gasteiger partial charge in [-0.3, -0.25) is 9.59 Å². The maximum Gasteiger partial charge on any atom is 0.272 e. The van der Waals surface area contributed by atoms with Crippen LogP contribution in [0.1, 0.15) is 10.5 Å². The quantitative estimate of drug-likeness (QED) is 0.706. The molecule has 0 unspecified atom stereocenters. The average Bonchev–Trinajstić information content (AvgIpc) is 2.86. The van der Waals surface area contributed by atoms with Crippen LogP contribution < -0.4 is 26.1 Å². The Labute approximate surface area is 113 Å². The molecule has 1 aliphatic rings. The normalized spacial score (nSPS) is 12.2. The number of ether oxygens (including phenoxy) is 2. The number of nitrogens with one attached hydrogen (secondary N) is 2. The van der Waals surface area contributed by atoms with E-state index < -0.39 is 5.91 Å². The molecule has 0 radical (unpaired) electrons. The van der Waals surface area contributed by atoms with Crippen LogP contribution in [0.4, 0.5) is 11.4 Å². The molecule has 1 aliphatic heterocycles. The average molecular weight is 273 g/mol. The molecule has 1 amide bonds. The van der Waals surface area contributed by atoms with E-state index >= 15 is 0 Å². The van der Waals surface area contributed by atoms with Gasteiger partial charge in [0.25, 0.3) is 5.91 Å². The molecule has 2 heterocycles. The molecule has 0 atom stereocenters. The number of nitrogen functional groups attached to an aromatic ring is 1. The molecule has 2 aromatic rings. The van der Waals surface area contributed by atoms with Crippen LogP contribution in [0.5, 0.6) is 11.5 Å². The zero-order chi connectivity index (χ0) is 14.1. The molecule has 20 heavy (non-hydrogen) atoms. The van der Waals surface area contributed by atoms with Crippen molar-refractivity contribution >= 4 is 17.3 Å². The van der Waals surface area contributed by atoms with Gasteiger partial charge in [0, 0.05) is 18.2 Å². The van der Waals surface area contributed by atoms with Gasteiger partial charge in [0.1, 0.15) is 5.69 Å². The molecule has 3 rings (SSSR count). The van der Waals surface area contributed by atoms with Crippen molar-refractivity contribution in [1.29, 1.82) is 0 Å². The standard InChI is InChI=1S/C13H11N3O4/c14-7-4-10-11(20-6-19-10)5-9(7)16-13(18)8-2-1-3-12(17)15-8/h1-5H,6,14H2,(H,15,17)(H,16,18). The predicted octanol–water partition coefficient (Wildman–Crippen LogP) is 0.938. The van der Waals surface area contributed by atoms with E-state index in [0.717, 1.165) is 0 Å². The van der Waals surface area contributed by atoms with Crippen molar-refractivity contribution in [3.8, 4) is 11.5 Å². The largest absolute Gasteiger partial charge is 0.454 e. The Kier molecular flexibility index (Phi) is 2.79. The van der Waals surface area contributed by atoms with Gasteiger partial charge in [-0.15, -0.1) is 0 Å². The molecule has 1 aromatic carbocycles. The first-order valence-corrected chi connectivity index (χ1v) is 5.83. The zero-order valence-electron chi connectivity index (χ0n) is 10.3. The predicted molar refractivity (Wildman–Crippen MR) is 72.0 cm³/mol. The van der Waals surface area contributed by atoms with Gasteiger partial charge in [0.15, 0.2) is 11.5 Å². The second-order valence-corrected chi connectivity index (χ2v) is 4.18. The molecule has 4 N–H and O–H groups in total. The summed E-state index contributed by atoms with van der Waals surface area (Å²) >= 11 is 0. The number of aromatic nitrogens is 1. The lowest BCUT2D eigenvalue weighted by atomic mass is 10.2. The summed E-state index contributed by atoms with van der Waals surface area (Å²) in [5.74, 6) is 0.581. The van der Waals surface area contributed by atoms with Crippen LogP contribution in [-0.2, 0) is 0 Å². The van der Waals surface area contributed by atoms with Crippen molar-refractivity contribution in [3.63, 3.8) is 0 Å². The number of carbonyl (C=O) groups excluding carboxylic acids is 1. The number of rotatable bonds is 2. The number of pyridine rings is 1. The Morgan fingerprint density at radius 2 is 2.00 bits per heavy atom. The van der Waals surface area contributed by atoms with E-state index in [4.69, 9.17) is 15.2 Å². The third kappa shape index (κ3) is 2.16. The first kappa shape index (κ1) is 12.1. The van der Waals surface area contributed by atoms with E-state index in [0.29, 0.717) is 22.9 Å². The first-order chi connectivity index (χ1) is 9.63. The Balaban J connectivity index is 1.88. The molecule has 0 bridgehead atoms. The summed E-state index contributed by atoms with van der Waals surface area (Å²) in [4.78, 5) is 25.6. The van der Waals surface area contributed by atoms with E-state index in [9.17, 15) is 9.59 Å². The number of nitrogens with two attached hydrogens (primary N) is 1. The van der Waals surface area contributed by atoms with Gasteiger partial charge < -0.3 is 25.5 Å². The summed E-state index contributed by atoms with van der Waals surface area (Å²) in [6, 6.07) is 7.48. The van der Waals surface area contributed by atoms with Crippen LogP contribution in [0.15, 0.2) is 35.1 Å². The van der Waals surface area contributed by atoms with E-state index in [1.54, 1.807) is 12.1 Å². The fourth-order valence-electron chi connectivity index (χ4n) is 1.84. The Bertz CT molecular complexity index is 739. The minimum atomic E-state index is -0.465. The maximum absolute atomic E-state index is 12.0. The van der Waals surface area contributed by atoms with Gasteiger partial charge in [0.05, 0.1) is 11.4 Å². The number of anilines is 2. The molecule has 7 nitrogen and oxygen atoms in total. The molecule has 0 aliphatic carbocycles. The molecular formula is C13H11N3O4. The van der Waals surface area contributed by atoms with Gasteiger partial charge in [-0.25, -0.2) is 0 Å². The van der Waals surface area contributed by atoms with E-state index in [2.05, 4.69) is 10.3 Å². The van der Waals surface area contributed by atoms with Crippen molar-refractivity contribution in [1.82, 2.24) is 4.98 Å². The second kappa shape index (κ2) is 4.61. The summed E-state index contributed by atoms with van der Waals surface area (Å²) in [6.45, 7) is 0.123. The molecule has 0 saturated carbocycles. The number of fused-ring (bicyclic) bond motifs is 1. The summed E-state index contributed by atoms with van der Waals surface area (Å²) in [7, 11) is 0. The van der Waals surface area contributed by atoms with E-state index in [1.165, 1.54) is 18.2 Å². The lowest BCUT2D eigenvalue weighted by Crippen LogP contribution is -2.18. The van der Waals surface area contributed by atoms with Crippen LogP contribution in [0.3, 0.4) is 0 Å². The number of aromatic amines is 1.